The minimum absolute atomic E-state index is 0.112. The number of aromatic nitrogens is 2. The van der Waals surface area contributed by atoms with Crippen LogP contribution in [0.2, 0.25) is 5.15 Å². The van der Waals surface area contributed by atoms with E-state index in [1.165, 1.54) is 18.5 Å². The molecule has 4 nitrogen and oxygen atoms in total. The van der Waals surface area contributed by atoms with E-state index in [1.54, 1.807) is 19.1 Å². The molecule has 18 heavy (non-hydrogen) atoms. The summed E-state index contributed by atoms with van der Waals surface area (Å²) in [6.45, 7) is 1.68. The molecule has 0 spiro atoms. The monoisotopic (exact) mass is 257 g/mol. The van der Waals surface area contributed by atoms with Crippen LogP contribution in [-0.4, -0.2) is 15.8 Å². The number of nitriles is 1. The summed E-state index contributed by atoms with van der Waals surface area (Å²) in [4.78, 5) is 20.1. The van der Waals surface area contributed by atoms with E-state index >= 15 is 0 Å². The smallest absolute Gasteiger partial charge is 0.195 e. The normalized spacial score (nSPS) is 9.83. The van der Waals surface area contributed by atoms with E-state index in [2.05, 4.69) is 9.97 Å². The molecule has 0 amide bonds. The van der Waals surface area contributed by atoms with Gasteiger partial charge in [-0.25, -0.2) is 4.98 Å². The lowest BCUT2D eigenvalue weighted by Gasteiger charge is -2.05. The van der Waals surface area contributed by atoms with Gasteiger partial charge in [-0.3, -0.25) is 9.78 Å². The van der Waals surface area contributed by atoms with Crippen molar-refractivity contribution in [1.29, 1.82) is 5.26 Å². The Morgan fingerprint density at radius 3 is 2.67 bits per heavy atom. The molecule has 0 radical (unpaired) electrons. The quantitative estimate of drug-likeness (QED) is 0.612. The highest BCUT2D eigenvalue weighted by Gasteiger charge is 2.15. The Hall–Kier alpha value is -2.25. The van der Waals surface area contributed by atoms with E-state index in [-0.39, 0.29) is 16.5 Å². The van der Waals surface area contributed by atoms with Crippen molar-refractivity contribution in [3.8, 4) is 6.07 Å². The van der Waals surface area contributed by atoms with Crippen molar-refractivity contribution in [2.24, 2.45) is 0 Å². The van der Waals surface area contributed by atoms with Crippen molar-refractivity contribution in [2.75, 3.05) is 0 Å². The van der Waals surface area contributed by atoms with Crippen molar-refractivity contribution >= 4 is 17.4 Å². The standard InChI is InChI=1S/C13H8ClN3O/c1-8-11(6-10(7-15)13(14)17-8)12(18)9-2-4-16-5-3-9/h2-6H,1H3. The summed E-state index contributed by atoms with van der Waals surface area (Å²) in [7, 11) is 0. The largest absolute Gasteiger partial charge is 0.289 e. The van der Waals surface area contributed by atoms with Crippen LogP contribution < -0.4 is 0 Å². The summed E-state index contributed by atoms with van der Waals surface area (Å²) in [5, 5.41) is 9.00. The lowest BCUT2D eigenvalue weighted by Crippen LogP contribution is -2.06. The lowest BCUT2D eigenvalue weighted by atomic mass is 10.0. The maximum Gasteiger partial charge on any atom is 0.195 e. The summed E-state index contributed by atoms with van der Waals surface area (Å²) in [5.41, 5.74) is 1.57. The Labute approximate surface area is 109 Å². The average Bonchev–Trinajstić information content (AvgIpc) is 2.39. The van der Waals surface area contributed by atoms with Gasteiger partial charge in [0.15, 0.2) is 5.78 Å². The third-order valence-corrected chi connectivity index (χ3v) is 2.76. The SMILES string of the molecule is Cc1nc(Cl)c(C#N)cc1C(=O)c1ccncc1. The molecule has 2 rings (SSSR count). The molecule has 0 N–H and O–H groups in total. The van der Waals surface area contributed by atoms with Crippen LogP contribution in [0.1, 0.15) is 27.2 Å². The van der Waals surface area contributed by atoms with Crippen LogP contribution >= 0.6 is 11.6 Å². The van der Waals surface area contributed by atoms with Crippen LogP contribution in [-0.2, 0) is 0 Å². The Balaban J connectivity index is 2.53. The molecule has 0 saturated heterocycles. The van der Waals surface area contributed by atoms with Crippen molar-refractivity contribution in [3.63, 3.8) is 0 Å². The van der Waals surface area contributed by atoms with E-state index in [0.717, 1.165) is 0 Å². The third kappa shape index (κ3) is 2.22. The minimum atomic E-state index is -0.199. The van der Waals surface area contributed by atoms with Gasteiger partial charge in [-0.1, -0.05) is 11.6 Å². The van der Waals surface area contributed by atoms with E-state index in [4.69, 9.17) is 16.9 Å². The first-order chi connectivity index (χ1) is 8.63. The number of carbonyl (C=O) groups is 1. The van der Waals surface area contributed by atoms with E-state index in [1.807, 2.05) is 6.07 Å². The maximum absolute atomic E-state index is 12.2. The highest BCUT2D eigenvalue weighted by atomic mass is 35.5. The minimum Gasteiger partial charge on any atom is -0.289 e. The highest BCUT2D eigenvalue weighted by Crippen LogP contribution is 2.19. The topological polar surface area (TPSA) is 66.6 Å². The summed E-state index contributed by atoms with van der Waals surface area (Å²) >= 11 is 5.80. The summed E-state index contributed by atoms with van der Waals surface area (Å²) in [5.74, 6) is -0.199. The van der Waals surface area contributed by atoms with Gasteiger partial charge >= 0.3 is 0 Å². The first-order valence-electron chi connectivity index (χ1n) is 5.15. The van der Waals surface area contributed by atoms with Gasteiger partial charge in [0.2, 0.25) is 0 Å². The van der Waals surface area contributed by atoms with Crippen LogP contribution in [0.5, 0.6) is 0 Å². The van der Waals surface area contributed by atoms with Crippen LogP contribution in [0.4, 0.5) is 0 Å². The van der Waals surface area contributed by atoms with Crippen molar-refractivity contribution in [3.05, 3.63) is 58.1 Å². The second kappa shape index (κ2) is 4.94. The number of hydrogen-bond acceptors (Lipinski definition) is 4. The molecule has 0 fully saturated rings. The van der Waals surface area contributed by atoms with Crippen molar-refractivity contribution < 1.29 is 4.79 Å². The van der Waals surface area contributed by atoms with Gasteiger partial charge in [-0.05, 0) is 25.1 Å². The number of carbonyl (C=O) groups excluding carboxylic acids is 1. The predicted octanol–water partition coefficient (Wildman–Crippen LogP) is 2.54. The van der Waals surface area contributed by atoms with Crippen molar-refractivity contribution in [2.45, 2.75) is 6.92 Å². The molecule has 88 valence electrons. The Morgan fingerprint density at radius 1 is 1.39 bits per heavy atom. The fraction of sp³-hybridized carbons (Fsp3) is 0.0769. The third-order valence-electron chi connectivity index (χ3n) is 2.47. The fourth-order valence-electron chi connectivity index (χ4n) is 1.54. The number of pyridine rings is 2. The van der Waals surface area contributed by atoms with E-state index < -0.39 is 0 Å². The Kier molecular flexibility index (Phi) is 3.35. The lowest BCUT2D eigenvalue weighted by molar-refractivity contribution is 0.103. The van der Waals surface area contributed by atoms with Crippen LogP contribution in [0.15, 0.2) is 30.6 Å². The van der Waals surface area contributed by atoms with E-state index in [0.29, 0.717) is 16.8 Å². The summed E-state index contributed by atoms with van der Waals surface area (Å²) < 4.78 is 0. The number of halogens is 1. The molecular formula is C13H8ClN3O. The molecule has 2 aromatic rings. The summed E-state index contributed by atoms with van der Waals surface area (Å²) in [6.07, 6.45) is 3.08. The molecule has 0 saturated carbocycles. The van der Waals surface area contributed by atoms with Gasteiger partial charge in [0.25, 0.3) is 0 Å². The second-order valence-corrected chi connectivity index (χ2v) is 3.99. The van der Waals surface area contributed by atoms with Gasteiger partial charge in [0.1, 0.15) is 11.2 Å². The molecule has 5 heteroatoms. The first kappa shape index (κ1) is 12.2. The maximum atomic E-state index is 12.2. The molecule has 2 aromatic heterocycles. The number of ketones is 1. The van der Waals surface area contributed by atoms with Crippen LogP contribution in [0.3, 0.4) is 0 Å². The molecule has 0 aliphatic carbocycles. The predicted molar refractivity (Wildman–Crippen MR) is 66.4 cm³/mol. The molecule has 0 atom stereocenters. The molecule has 0 aliphatic rings. The zero-order valence-electron chi connectivity index (χ0n) is 9.51. The van der Waals surface area contributed by atoms with Gasteiger partial charge < -0.3 is 0 Å². The van der Waals surface area contributed by atoms with Gasteiger partial charge in [0, 0.05) is 23.5 Å². The first-order valence-corrected chi connectivity index (χ1v) is 5.53. The highest BCUT2D eigenvalue weighted by molar-refractivity contribution is 6.30. The zero-order chi connectivity index (χ0) is 13.1. The van der Waals surface area contributed by atoms with Gasteiger partial charge in [0.05, 0.1) is 11.3 Å². The van der Waals surface area contributed by atoms with Gasteiger partial charge in [-0.15, -0.1) is 0 Å². The van der Waals surface area contributed by atoms with Crippen molar-refractivity contribution in [1.82, 2.24) is 9.97 Å². The number of rotatable bonds is 2. The second-order valence-electron chi connectivity index (χ2n) is 3.64. The number of hydrogen-bond donors (Lipinski definition) is 0. The molecule has 0 unspecified atom stereocenters. The zero-order valence-corrected chi connectivity index (χ0v) is 10.3. The molecular weight excluding hydrogens is 250 g/mol. The number of aryl methyl sites for hydroxylation is 1. The summed E-state index contributed by atoms with van der Waals surface area (Å²) in [6, 6.07) is 6.60. The van der Waals surface area contributed by atoms with E-state index in [9.17, 15) is 4.79 Å². The Morgan fingerprint density at radius 2 is 2.06 bits per heavy atom. The average molecular weight is 258 g/mol. The molecule has 2 heterocycles. The fourth-order valence-corrected chi connectivity index (χ4v) is 1.77. The number of nitrogens with zero attached hydrogens (tertiary/aromatic N) is 3. The van der Waals surface area contributed by atoms with Crippen LogP contribution in [0, 0.1) is 18.3 Å². The van der Waals surface area contributed by atoms with Crippen LogP contribution in [0.25, 0.3) is 0 Å². The molecule has 0 aromatic carbocycles. The van der Waals surface area contributed by atoms with Gasteiger partial charge in [-0.2, -0.15) is 5.26 Å². The molecule has 0 bridgehead atoms. The molecule has 0 aliphatic heterocycles. The Bertz CT molecular complexity index is 647.